The second-order valence-corrected chi connectivity index (χ2v) is 4.75. The van der Waals surface area contributed by atoms with Crippen LogP contribution < -0.4 is 16.6 Å². The minimum atomic E-state index is -0.124. The SMILES string of the molecule is CCC1CC1NC(=O)c1cc(Cl)ccc1NN. The Morgan fingerprint density at radius 1 is 1.59 bits per heavy atom. The van der Waals surface area contributed by atoms with Crippen LogP contribution in [0.15, 0.2) is 18.2 Å². The average molecular weight is 254 g/mol. The van der Waals surface area contributed by atoms with Crippen molar-refractivity contribution in [2.75, 3.05) is 5.43 Å². The summed E-state index contributed by atoms with van der Waals surface area (Å²) in [7, 11) is 0. The van der Waals surface area contributed by atoms with Gasteiger partial charge in [-0.05, 0) is 30.5 Å². The molecule has 0 spiro atoms. The second-order valence-electron chi connectivity index (χ2n) is 4.32. The molecule has 1 aromatic rings. The van der Waals surface area contributed by atoms with Gasteiger partial charge in [0.05, 0.1) is 11.3 Å². The van der Waals surface area contributed by atoms with E-state index < -0.39 is 0 Å². The Morgan fingerprint density at radius 3 is 2.94 bits per heavy atom. The van der Waals surface area contributed by atoms with Crippen molar-refractivity contribution in [2.45, 2.75) is 25.8 Å². The molecule has 1 aromatic carbocycles. The van der Waals surface area contributed by atoms with Crippen molar-refractivity contribution in [1.82, 2.24) is 5.32 Å². The molecule has 0 radical (unpaired) electrons. The van der Waals surface area contributed by atoms with Crippen molar-refractivity contribution >= 4 is 23.2 Å². The largest absolute Gasteiger partial charge is 0.349 e. The summed E-state index contributed by atoms with van der Waals surface area (Å²) < 4.78 is 0. The molecule has 0 heterocycles. The first-order chi connectivity index (χ1) is 8.15. The molecule has 1 saturated carbocycles. The van der Waals surface area contributed by atoms with Crippen molar-refractivity contribution < 1.29 is 4.79 Å². The summed E-state index contributed by atoms with van der Waals surface area (Å²) in [6.45, 7) is 2.13. The van der Waals surface area contributed by atoms with Gasteiger partial charge in [-0.1, -0.05) is 24.9 Å². The summed E-state index contributed by atoms with van der Waals surface area (Å²) in [6.07, 6.45) is 2.16. The van der Waals surface area contributed by atoms with Crippen molar-refractivity contribution in [3.05, 3.63) is 28.8 Å². The van der Waals surface area contributed by atoms with Crippen molar-refractivity contribution in [3.63, 3.8) is 0 Å². The molecule has 1 aliphatic rings. The summed E-state index contributed by atoms with van der Waals surface area (Å²) in [6, 6.07) is 5.31. The molecule has 0 aromatic heterocycles. The quantitative estimate of drug-likeness (QED) is 0.569. The van der Waals surface area contributed by atoms with Crippen LogP contribution in [-0.4, -0.2) is 11.9 Å². The molecule has 2 atom stereocenters. The normalized spacial score (nSPS) is 22.1. The molecule has 1 fully saturated rings. The van der Waals surface area contributed by atoms with Gasteiger partial charge in [0.1, 0.15) is 0 Å². The van der Waals surface area contributed by atoms with Crippen LogP contribution in [0, 0.1) is 5.92 Å². The highest BCUT2D eigenvalue weighted by molar-refractivity contribution is 6.31. The molecule has 92 valence electrons. The van der Waals surface area contributed by atoms with Gasteiger partial charge in [-0.2, -0.15) is 0 Å². The maximum atomic E-state index is 12.0. The lowest BCUT2D eigenvalue weighted by molar-refractivity contribution is 0.0949. The average Bonchev–Trinajstić information content (AvgIpc) is 3.07. The van der Waals surface area contributed by atoms with Gasteiger partial charge in [0, 0.05) is 11.1 Å². The number of anilines is 1. The summed E-state index contributed by atoms with van der Waals surface area (Å²) in [5, 5.41) is 3.50. The van der Waals surface area contributed by atoms with Gasteiger partial charge in [-0.25, -0.2) is 0 Å². The molecule has 5 heteroatoms. The standard InChI is InChI=1S/C12H16ClN3O/c1-2-7-5-11(7)15-12(17)9-6-8(13)3-4-10(9)16-14/h3-4,6-7,11,16H,2,5,14H2,1H3,(H,15,17). The number of carbonyl (C=O) groups excluding carboxylic acids is 1. The Morgan fingerprint density at radius 2 is 2.35 bits per heavy atom. The van der Waals surface area contributed by atoms with E-state index in [9.17, 15) is 4.79 Å². The maximum Gasteiger partial charge on any atom is 0.253 e. The second kappa shape index (κ2) is 4.94. The minimum absolute atomic E-state index is 0.124. The van der Waals surface area contributed by atoms with E-state index >= 15 is 0 Å². The van der Waals surface area contributed by atoms with E-state index in [1.165, 1.54) is 0 Å². The van der Waals surface area contributed by atoms with Crippen LogP contribution in [0.1, 0.15) is 30.1 Å². The fourth-order valence-corrected chi connectivity index (χ4v) is 2.12. The zero-order valence-electron chi connectivity index (χ0n) is 9.66. The highest BCUT2D eigenvalue weighted by Crippen LogP contribution is 2.33. The number of rotatable bonds is 4. The lowest BCUT2D eigenvalue weighted by Gasteiger charge is -2.09. The Kier molecular flexibility index (Phi) is 3.54. The van der Waals surface area contributed by atoms with Gasteiger partial charge in [0.25, 0.3) is 5.91 Å². The van der Waals surface area contributed by atoms with Crippen LogP contribution in [0.5, 0.6) is 0 Å². The third-order valence-corrected chi connectivity index (χ3v) is 3.38. The van der Waals surface area contributed by atoms with Gasteiger partial charge in [-0.15, -0.1) is 0 Å². The fraction of sp³-hybridized carbons (Fsp3) is 0.417. The number of nitrogens with one attached hydrogen (secondary N) is 2. The molecule has 1 amide bonds. The summed E-state index contributed by atoms with van der Waals surface area (Å²) >= 11 is 5.88. The monoisotopic (exact) mass is 253 g/mol. The van der Waals surface area contributed by atoms with E-state index in [0.29, 0.717) is 28.2 Å². The number of amides is 1. The highest BCUT2D eigenvalue weighted by Gasteiger charge is 2.36. The molecule has 2 rings (SSSR count). The predicted octanol–water partition coefficient (Wildman–Crippen LogP) is 2.15. The smallest absolute Gasteiger partial charge is 0.253 e. The molecule has 2 unspecified atom stereocenters. The Labute approximate surface area is 105 Å². The number of halogens is 1. The Balaban J connectivity index is 2.10. The van der Waals surface area contributed by atoms with Crippen molar-refractivity contribution in [1.29, 1.82) is 0 Å². The highest BCUT2D eigenvalue weighted by atomic mass is 35.5. The molecule has 0 bridgehead atoms. The molecule has 0 saturated heterocycles. The number of benzene rings is 1. The first kappa shape index (κ1) is 12.2. The number of hydrogen-bond acceptors (Lipinski definition) is 3. The third kappa shape index (κ3) is 2.70. The number of hydrogen-bond donors (Lipinski definition) is 3. The number of hydrazine groups is 1. The third-order valence-electron chi connectivity index (χ3n) is 3.15. The van der Waals surface area contributed by atoms with E-state index in [1.54, 1.807) is 18.2 Å². The van der Waals surface area contributed by atoms with Crippen LogP contribution in [0.25, 0.3) is 0 Å². The van der Waals surface area contributed by atoms with Gasteiger partial charge >= 0.3 is 0 Å². The first-order valence-corrected chi connectivity index (χ1v) is 6.10. The molecular formula is C12H16ClN3O. The number of carbonyl (C=O) groups is 1. The van der Waals surface area contributed by atoms with Gasteiger partial charge < -0.3 is 10.7 Å². The zero-order chi connectivity index (χ0) is 12.4. The van der Waals surface area contributed by atoms with Gasteiger partial charge in [0.15, 0.2) is 0 Å². The summed E-state index contributed by atoms with van der Waals surface area (Å²) in [4.78, 5) is 12.0. The number of nitrogens with two attached hydrogens (primary N) is 1. The van der Waals surface area contributed by atoms with E-state index in [1.807, 2.05) is 0 Å². The van der Waals surface area contributed by atoms with Crippen LogP contribution in [0.2, 0.25) is 5.02 Å². The molecule has 4 N–H and O–H groups in total. The van der Waals surface area contributed by atoms with E-state index in [4.69, 9.17) is 17.4 Å². The van der Waals surface area contributed by atoms with Crippen LogP contribution >= 0.6 is 11.6 Å². The van der Waals surface area contributed by atoms with Gasteiger partial charge in [-0.3, -0.25) is 10.6 Å². The Bertz CT molecular complexity index is 436. The van der Waals surface area contributed by atoms with E-state index in [2.05, 4.69) is 17.7 Å². The van der Waals surface area contributed by atoms with Crippen LogP contribution in [-0.2, 0) is 0 Å². The topological polar surface area (TPSA) is 67.2 Å². The van der Waals surface area contributed by atoms with Crippen molar-refractivity contribution in [3.8, 4) is 0 Å². The van der Waals surface area contributed by atoms with Gasteiger partial charge in [0.2, 0.25) is 0 Å². The fourth-order valence-electron chi connectivity index (χ4n) is 1.95. The summed E-state index contributed by atoms with van der Waals surface area (Å²) in [5.74, 6) is 5.86. The molecule has 1 aliphatic carbocycles. The lowest BCUT2D eigenvalue weighted by atomic mass is 10.1. The molecule has 0 aliphatic heterocycles. The predicted molar refractivity (Wildman–Crippen MR) is 68.9 cm³/mol. The lowest BCUT2D eigenvalue weighted by Crippen LogP contribution is -2.28. The van der Waals surface area contributed by atoms with E-state index in [-0.39, 0.29) is 5.91 Å². The van der Waals surface area contributed by atoms with Crippen LogP contribution in [0.4, 0.5) is 5.69 Å². The molecule has 17 heavy (non-hydrogen) atoms. The summed E-state index contributed by atoms with van der Waals surface area (Å²) in [5.41, 5.74) is 3.57. The zero-order valence-corrected chi connectivity index (χ0v) is 10.4. The molecular weight excluding hydrogens is 238 g/mol. The number of nitrogen functional groups attached to an aromatic ring is 1. The van der Waals surface area contributed by atoms with Crippen LogP contribution in [0.3, 0.4) is 0 Å². The van der Waals surface area contributed by atoms with E-state index in [0.717, 1.165) is 12.8 Å². The Hall–Kier alpha value is -1.26. The first-order valence-electron chi connectivity index (χ1n) is 5.72. The maximum absolute atomic E-state index is 12.0. The van der Waals surface area contributed by atoms with Crippen molar-refractivity contribution in [2.24, 2.45) is 11.8 Å². The molecule has 4 nitrogen and oxygen atoms in total. The minimum Gasteiger partial charge on any atom is -0.349 e.